The third-order valence-electron chi connectivity index (χ3n) is 5.86. The lowest BCUT2D eigenvalue weighted by atomic mass is 10.1. The van der Waals surface area contributed by atoms with E-state index in [1.807, 2.05) is 0 Å². The SMILES string of the molecule is O=C(Cn1nc(-c2ccc([N+](=O)[O-])cc2)[n+]2c1CCCCC2)c1ccc2c(c1)OCCO2.[Br-]. The Kier molecular flexibility index (Phi) is 6.73. The maximum atomic E-state index is 13.1. The van der Waals surface area contributed by atoms with Crippen LogP contribution in [0.25, 0.3) is 11.4 Å². The molecule has 2 aliphatic rings. The van der Waals surface area contributed by atoms with Crippen molar-refractivity contribution in [2.24, 2.45) is 0 Å². The molecule has 33 heavy (non-hydrogen) atoms. The van der Waals surface area contributed by atoms with Crippen LogP contribution in [0.4, 0.5) is 5.69 Å². The van der Waals surface area contributed by atoms with Crippen molar-refractivity contribution in [1.29, 1.82) is 0 Å². The summed E-state index contributed by atoms with van der Waals surface area (Å²) in [5, 5.41) is 15.8. The van der Waals surface area contributed by atoms with Crippen LogP contribution in [0.2, 0.25) is 0 Å². The number of carbonyl (C=O) groups is 1. The van der Waals surface area contributed by atoms with Gasteiger partial charge < -0.3 is 26.5 Å². The Morgan fingerprint density at radius 1 is 1.06 bits per heavy atom. The molecular formula is C23H23BrN4O5. The number of hydrogen-bond acceptors (Lipinski definition) is 6. The van der Waals surface area contributed by atoms with Crippen LogP contribution in [0.3, 0.4) is 0 Å². The number of nitro benzene ring substituents is 1. The first kappa shape index (κ1) is 22.9. The number of aromatic nitrogens is 3. The highest BCUT2D eigenvalue weighted by Gasteiger charge is 2.30. The van der Waals surface area contributed by atoms with E-state index < -0.39 is 4.92 Å². The second-order valence-corrected chi connectivity index (χ2v) is 7.95. The molecule has 0 N–H and O–H groups in total. The highest BCUT2D eigenvalue weighted by molar-refractivity contribution is 5.96. The van der Waals surface area contributed by atoms with Gasteiger partial charge >= 0.3 is 5.82 Å². The zero-order valence-electron chi connectivity index (χ0n) is 17.9. The minimum atomic E-state index is -0.415. The summed E-state index contributed by atoms with van der Waals surface area (Å²) in [4.78, 5) is 23.7. The predicted octanol–water partition coefficient (Wildman–Crippen LogP) is 0.130. The summed E-state index contributed by atoms with van der Waals surface area (Å²) < 4.78 is 15.1. The van der Waals surface area contributed by atoms with Gasteiger partial charge in [0, 0.05) is 29.2 Å². The van der Waals surface area contributed by atoms with Crippen LogP contribution in [0.5, 0.6) is 11.5 Å². The van der Waals surface area contributed by atoms with Gasteiger partial charge in [0.25, 0.3) is 5.69 Å². The number of nitro groups is 1. The second-order valence-electron chi connectivity index (χ2n) is 7.95. The van der Waals surface area contributed by atoms with Crippen molar-refractivity contribution in [1.82, 2.24) is 9.78 Å². The van der Waals surface area contributed by atoms with Crippen molar-refractivity contribution in [3.63, 3.8) is 0 Å². The number of Topliss-reactive ketones (excluding diaryl/α,β-unsaturated/α-hetero) is 1. The van der Waals surface area contributed by atoms with Crippen LogP contribution in [0.1, 0.15) is 35.4 Å². The second kappa shape index (κ2) is 9.70. The van der Waals surface area contributed by atoms with Gasteiger partial charge in [0.1, 0.15) is 13.2 Å². The van der Waals surface area contributed by atoms with E-state index in [0.29, 0.717) is 30.3 Å². The third kappa shape index (κ3) is 4.61. The lowest BCUT2D eigenvalue weighted by molar-refractivity contribution is -0.693. The normalized spacial score (nSPS) is 14.5. The average molecular weight is 515 g/mol. The Bertz CT molecular complexity index is 1190. The molecule has 2 aromatic carbocycles. The van der Waals surface area contributed by atoms with Crippen LogP contribution in [-0.4, -0.2) is 33.7 Å². The van der Waals surface area contributed by atoms with Crippen molar-refractivity contribution >= 4 is 11.5 Å². The molecule has 0 amide bonds. The summed E-state index contributed by atoms with van der Waals surface area (Å²) >= 11 is 0. The Hall–Kier alpha value is -3.27. The fourth-order valence-electron chi connectivity index (χ4n) is 4.23. The molecule has 0 atom stereocenters. The minimum Gasteiger partial charge on any atom is -1.00 e. The van der Waals surface area contributed by atoms with Crippen LogP contribution < -0.4 is 31.0 Å². The summed E-state index contributed by atoms with van der Waals surface area (Å²) in [6, 6.07) is 11.6. The monoisotopic (exact) mass is 514 g/mol. The number of non-ortho nitro benzene ring substituents is 1. The number of ether oxygens (including phenoxy) is 2. The molecule has 2 aliphatic heterocycles. The molecule has 3 heterocycles. The van der Waals surface area contributed by atoms with E-state index in [1.54, 1.807) is 35.0 Å². The third-order valence-corrected chi connectivity index (χ3v) is 5.86. The molecule has 10 heteroatoms. The van der Waals surface area contributed by atoms with Crippen molar-refractivity contribution in [2.75, 3.05) is 13.2 Å². The van der Waals surface area contributed by atoms with Gasteiger partial charge in [-0.25, -0.2) is 4.57 Å². The van der Waals surface area contributed by atoms with Crippen LogP contribution in [-0.2, 0) is 19.5 Å². The maximum Gasteiger partial charge on any atom is 0.309 e. The van der Waals surface area contributed by atoms with Gasteiger partial charge in [-0.05, 0) is 49.6 Å². The van der Waals surface area contributed by atoms with Crippen LogP contribution in [0, 0.1) is 10.1 Å². The van der Waals surface area contributed by atoms with E-state index in [-0.39, 0.29) is 35.0 Å². The van der Waals surface area contributed by atoms with E-state index in [4.69, 9.17) is 14.6 Å². The van der Waals surface area contributed by atoms with Crippen molar-refractivity contribution in [3.8, 4) is 22.9 Å². The molecule has 0 radical (unpaired) electrons. The quantitative estimate of drug-likeness (QED) is 0.207. The molecule has 1 aromatic heterocycles. The lowest BCUT2D eigenvalue weighted by Crippen LogP contribution is -3.00. The van der Waals surface area contributed by atoms with Gasteiger partial charge in [0.15, 0.2) is 18.0 Å². The zero-order chi connectivity index (χ0) is 22.1. The Morgan fingerprint density at radius 2 is 1.82 bits per heavy atom. The molecule has 0 bridgehead atoms. The first-order valence-electron chi connectivity index (χ1n) is 10.8. The maximum absolute atomic E-state index is 13.1. The molecule has 0 unspecified atom stereocenters. The van der Waals surface area contributed by atoms with Crippen LogP contribution >= 0.6 is 0 Å². The number of ketones is 1. The Labute approximate surface area is 200 Å². The molecule has 0 spiro atoms. The fourth-order valence-corrected chi connectivity index (χ4v) is 4.23. The van der Waals surface area contributed by atoms with Crippen molar-refractivity contribution in [2.45, 2.75) is 38.8 Å². The standard InChI is InChI=1S/C23H23N4O5.BrH/c28-19(17-7-10-20-21(14-17)32-13-12-31-20)15-26-22-4-2-1-3-11-25(22)23(24-26)16-5-8-18(9-6-16)27(29)30;/h5-10,14H,1-4,11-13,15H2;1H/q+1;/p-1. The average Bonchev–Trinajstić information content (AvgIpc) is 2.98. The van der Waals surface area contributed by atoms with Gasteiger partial charge in [-0.2, -0.15) is 0 Å². The zero-order valence-corrected chi connectivity index (χ0v) is 19.5. The molecule has 9 nitrogen and oxygen atoms in total. The molecule has 0 saturated carbocycles. The number of nitrogens with zero attached hydrogens (tertiary/aromatic N) is 4. The molecule has 0 fully saturated rings. The summed E-state index contributed by atoms with van der Waals surface area (Å²) in [7, 11) is 0. The number of rotatable bonds is 5. The first-order chi connectivity index (χ1) is 15.6. The molecule has 172 valence electrons. The highest BCUT2D eigenvalue weighted by Crippen LogP contribution is 2.31. The Morgan fingerprint density at radius 3 is 2.58 bits per heavy atom. The largest absolute Gasteiger partial charge is 1.00 e. The Balaban J connectivity index is 0.00000259. The van der Waals surface area contributed by atoms with Crippen LogP contribution in [0.15, 0.2) is 42.5 Å². The minimum absolute atomic E-state index is 0. The summed E-state index contributed by atoms with van der Waals surface area (Å²) in [5.41, 5.74) is 1.39. The van der Waals surface area contributed by atoms with Crippen molar-refractivity contribution in [3.05, 3.63) is 64.0 Å². The van der Waals surface area contributed by atoms with Gasteiger partial charge in [-0.15, -0.1) is 4.68 Å². The van der Waals surface area contributed by atoms with Gasteiger partial charge in [0.2, 0.25) is 11.6 Å². The topological polar surface area (TPSA) is 100 Å². The number of carbonyl (C=O) groups excluding carboxylic acids is 1. The van der Waals surface area contributed by atoms with E-state index in [2.05, 4.69) is 4.57 Å². The number of fused-ring (bicyclic) bond motifs is 2. The fraction of sp³-hybridized carbons (Fsp3) is 0.348. The number of benzene rings is 2. The molecule has 0 saturated heterocycles. The summed E-state index contributed by atoms with van der Waals surface area (Å²) in [5.74, 6) is 2.90. The smallest absolute Gasteiger partial charge is 0.309 e. The first-order valence-corrected chi connectivity index (χ1v) is 10.8. The molecule has 3 aromatic rings. The lowest BCUT2D eigenvalue weighted by Gasteiger charge is -2.18. The predicted molar refractivity (Wildman–Crippen MR) is 114 cm³/mol. The summed E-state index contributed by atoms with van der Waals surface area (Å²) in [6.45, 7) is 1.89. The molecule has 0 aliphatic carbocycles. The molecular weight excluding hydrogens is 492 g/mol. The van der Waals surface area contributed by atoms with E-state index in [1.165, 1.54) is 12.1 Å². The highest BCUT2D eigenvalue weighted by atomic mass is 79.9. The van der Waals surface area contributed by atoms with E-state index in [9.17, 15) is 14.9 Å². The van der Waals surface area contributed by atoms with E-state index in [0.717, 1.165) is 49.4 Å². The number of hydrogen-bond donors (Lipinski definition) is 0. The molecule has 5 rings (SSSR count). The van der Waals surface area contributed by atoms with Gasteiger partial charge in [-0.1, -0.05) is 0 Å². The van der Waals surface area contributed by atoms with E-state index >= 15 is 0 Å². The summed E-state index contributed by atoms with van der Waals surface area (Å²) in [6.07, 6.45) is 3.99. The van der Waals surface area contributed by atoms with Gasteiger partial charge in [-0.3, -0.25) is 14.9 Å². The van der Waals surface area contributed by atoms with Gasteiger partial charge in [0.05, 0.1) is 17.0 Å². The number of halogens is 1. The van der Waals surface area contributed by atoms with Crippen molar-refractivity contribution < 1.29 is 40.7 Å².